The zero-order chi connectivity index (χ0) is 15.0. The molecule has 7 heteroatoms. The van der Waals surface area contributed by atoms with E-state index in [1.165, 1.54) is 21.9 Å². The number of rotatable bonds is 4. The highest BCUT2D eigenvalue weighted by Gasteiger charge is 2.32. The molecule has 0 unspecified atom stereocenters. The largest absolute Gasteiger partial charge is 0.389 e. The van der Waals surface area contributed by atoms with Gasteiger partial charge in [-0.25, -0.2) is 4.98 Å². The molecule has 1 aliphatic carbocycles. The number of fused-ring (bicyclic) bond motifs is 1. The standard InChI is InChI=1S/C14H20N4O2S/c1-10-7-12(19)18-13(15-10)21-11(16-18)8-17(2)9-14(20)5-3-4-6-14/h7,20H,3-6,8-9H2,1-2H3. The van der Waals surface area contributed by atoms with Gasteiger partial charge in [0.05, 0.1) is 12.1 Å². The lowest BCUT2D eigenvalue weighted by Crippen LogP contribution is -2.38. The van der Waals surface area contributed by atoms with Crippen molar-refractivity contribution < 1.29 is 5.11 Å². The molecule has 21 heavy (non-hydrogen) atoms. The molecule has 1 aliphatic rings. The van der Waals surface area contributed by atoms with Gasteiger partial charge < -0.3 is 5.11 Å². The van der Waals surface area contributed by atoms with Crippen molar-refractivity contribution in [2.75, 3.05) is 13.6 Å². The SMILES string of the molecule is Cc1cc(=O)n2nc(CN(C)CC3(O)CCCC3)sc2n1. The minimum Gasteiger partial charge on any atom is -0.389 e. The Bertz CT molecular complexity index is 703. The van der Waals surface area contributed by atoms with Gasteiger partial charge in [0.15, 0.2) is 0 Å². The summed E-state index contributed by atoms with van der Waals surface area (Å²) in [7, 11) is 1.98. The number of hydrogen-bond donors (Lipinski definition) is 1. The minimum absolute atomic E-state index is 0.142. The van der Waals surface area contributed by atoms with Gasteiger partial charge in [0.2, 0.25) is 4.96 Å². The molecule has 2 heterocycles. The fourth-order valence-corrected chi connectivity index (χ4v) is 4.03. The Morgan fingerprint density at radius 3 is 2.90 bits per heavy atom. The van der Waals surface area contributed by atoms with Crippen LogP contribution in [0.3, 0.4) is 0 Å². The fourth-order valence-electron chi connectivity index (χ4n) is 3.00. The van der Waals surface area contributed by atoms with E-state index in [9.17, 15) is 9.90 Å². The van der Waals surface area contributed by atoms with Gasteiger partial charge in [-0.15, -0.1) is 0 Å². The summed E-state index contributed by atoms with van der Waals surface area (Å²) in [6.45, 7) is 3.07. The highest BCUT2D eigenvalue weighted by atomic mass is 32.1. The molecule has 114 valence electrons. The lowest BCUT2D eigenvalue weighted by Gasteiger charge is -2.27. The maximum absolute atomic E-state index is 11.8. The molecule has 3 rings (SSSR count). The Kier molecular flexibility index (Phi) is 3.81. The summed E-state index contributed by atoms with van der Waals surface area (Å²) >= 11 is 1.43. The van der Waals surface area contributed by atoms with Crippen LogP contribution in [-0.2, 0) is 6.54 Å². The van der Waals surface area contributed by atoms with Gasteiger partial charge in [0.1, 0.15) is 5.01 Å². The molecule has 0 spiro atoms. The smallest absolute Gasteiger partial charge is 0.275 e. The number of aliphatic hydroxyl groups is 1. The van der Waals surface area contributed by atoms with E-state index in [0.29, 0.717) is 23.7 Å². The lowest BCUT2D eigenvalue weighted by molar-refractivity contribution is 0.0144. The van der Waals surface area contributed by atoms with Crippen LogP contribution in [0.25, 0.3) is 4.96 Å². The Labute approximate surface area is 127 Å². The van der Waals surface area contributed by atoms with Crippen LogP contribution in [0.4, 0.5) is 0 Å². The van der Waals surface area contributed by atoms with Gasteiger partial charge in [0, 0.05) is 18.3 Å². The number of nitrogens with zero attached hydrogens (tertiary/aromatic N) is 4. The Balaban J connectivity index is 1.75. The predicted octanol–water partition coefficient (Wildman–Crippen LogP) is 1.20. The lowest BCUT2D eigenvalue weighted by atomic mass is 10.0. The monoisotopic (exact) mass is 308 g/mol. The first-order valence-electron chi connectivity index (χ1n) is 7.23. The van der Waals surface area contributed by atoms with Crippen LogP contribution >= 0.6 is 11.3 Å². The van der Waals surface area contributed by atoms with Crippen LogP contribution in [0.5, 0.6) is 0 Å². The highest BCUT2D eigenvalue weighted by molar-refractivity contribution is 7.16. The molecule has 0 amide bonds. The Morgan fingerprint density at radius 2 is 2.19 bits per heavy atom. The van der Waals surface area contributed by atoms with Crippen molar-refractivity contribution in [1.29, 1.82) is 0 Å². The molecule has 0 aliphatic heterocycles. The van der Waals surface area contributed by atoms with E-state index >= 15 is 0 Å². The normalized spacial score (nSPS) is 17.9. The Hall–Kier alpha value is -1.31. The van der Waals surface area contributed by atoms with Crippen molar-refractivity contribution in [3.63, 3.8) is 0 Å². The van der Waals surface area contributed by atoms with Crippen molar-refractivity contribution in [1.82, 2.24) is 19.5 Å². The van der Waals surface area contributed by atoms with Crippen LogP contribution < -0.4 is 5.56 Å². The van der Waals surface area contributed by atoms with Gasteiger partial charge in [-0.05, 0) is 26.8 Å². The molecular weight excluding hydrogens is 288 g/mol. The topological polar surface area (TPSA) is 70.7 Å². The molecule has 0 aromatic carbocycles. The van der Waals surface area contributed by atoms with Crippen LogP contribution in [-0.4, -0.2) is 43.8 Å². The predicted molar refractivity (Wildman–Crippen MR) is 81.6 cm³/mol. The van der Waals surface area contributed by atoms with Crippen LogP contribution in [0.1, 0.15) is 36.4 Å². The fraction of sp³-hybridized carbons (Fsp3) is 0.643. The molecule has 0 saturated heterocycles. The van der Waals surface area contributed by atoms with Crippen molar-refractivity contribution in [3.8, 4) is 0 Å². The first kappa shape index (κ1) is 14.6. The quantitative estimate of drug-likeness (QED) is 0.919. The van der Waals surface area contributed by atoms with Gasteiger partial charge in [0.25, 0.3) is 5.56 Å². The summed E-state index contributed by atoms with van der Waals surface area (Å²) in [4.78, 5) is 18.9. The van der Waals surface area contributed by atoms with Crippen LogP contribution in [0, 0.1) is 6.92 Å². The van der Waals surface area contributed by atoms with E-state index in [0.717, 1.165) is 30.7 Å². The second-order valence-electron chi connectivity index (χ2n) is 6.03. The maximum Gasteiger partial charge on any atom is 0.275 e. The number of aromatic nitrogens is 3. The summed E-state index contributed by atoms with van der Waals surface area (Å²) < 4.78 is 1.35. The second-order valence-corrected chi connectivity index (χ2v) is 7.07. The Morgan fingerprint density at radius 1 is 1.48 bits per heavy atom. The zero-order valence-corrected chi connectivity index (χ0v) is 13.2. The molecule has 2 aromatic rings. The highest BCUT2D eigenvalue weighted by Crippen LogP contribution is 2.30. The van der Waals surface area contributed by atoms with E-state index in [1.54, 1.807) is 0 Å². The minimum atomic E-state index is -0.558. The van der Waals surface area contributed by atoms with E-state index in [1.807, 2.05) is 14.0 Å². The molecule has 1 N–H and O–H groups in total. The van der Waals surface area contributed by atoms with E-state index in [-0.39, 0.29) is 5.56 Å². The average molecular weight is 308 g/mol. The molecule has 1 fully saturated rings. The maximum atomic E-state index is 11.8. The summed E-state index contributed by atoms with van der Waals surface area (Å²) in [5, 5.41) is 15.6. The summed E-state index contributed by atoms with van der Waals surface area (Å²) in [6, 6.07) is 1.49. The third kappa shape index (κ3) is 3.14. The molecule has 0 bridgehead atoms. The zero-order valence-electron chi connectivity index (χ0n) is 12.4. The van der Waals surface area contributed by atoms with Gasteiger partial charge >= 0.3 is 0 Å². The molecule has 2 aromatic heterocycles. The van der Waals surface area contributed by atoms with Crippen LogP contribution in [0.15, 0.2) is 10.9 Å². The third-order valence-corrected chi connectivity index (χ3v) is 4.81. The molecule has 0 radical (unpaired) electrons. The van der Waals surface area contributed by atoms with Crippen LogP contribution in [0.2, 0.25) is 0 Å². The summed E-state index contributed by atoms with van der Waals surface area (Å²) in [5.41, 5.74) is 0.0118. The second kappa shape index (κ2) is 5.47. The number of aryl methyl sites for hydroxylation is 1. The summed E-state index contributed by atoms with van der Waals surface area (Å²) in [6.07, 6.45) is 3.95. The number of hydrogen-bond acceptors (Lipinski definition) is 6. The van der Waals surface area contributed by atoms with E-state index in [2.05, 4.69) is 15.0 Å². The molecule has 0 atom stereocenters. The van der Waals surface area contributed by atoms with Gasteiger partial charge in [-0.2, -0.15) is 9.61 Å². The van der Waals surface area contributed by atoms with Crippen molar-refractivity contribution in [3.05, 3.63) is 27.1 Å². The van der Waals surface area contributed by atoms with Crippen molar-refractivity contribution in [2.24, 2.45) is 0 Å². The van der Waals surface area contributed by atoms with Crippen molar-refractivity contribution in [2.45, 2.75) is 44.8 Å². The van der Waals surface area contributed by atoms with Crippen molar-refractivity contribution >= 4 is 16.3 Å². The summed E-state index contributed by atoms with van der Waals surface area (Å²) in [5.74, 6) is 0. The van der Waals surface area contributed by atoms with E-state index < -0.39 is 5.60 Å². The molecule has 1 saturated carbocycles. The average Bonchev–Trinajstić information content (AvgIpc) is 2.95. The van der Waals surface area contributed by atoms with E-state index in [4.69, 9.17) is 0 Å². The molecular formula is C14H20N4O2S. The first-order valence-corrected chi connectivity index (χ1v) is 8.04. The van der Waals surface area contributed by atoms with Gasteiger partial charge in [-0.1, -0.05) is 24.2 Å². The third-order valence-electron chi connectivity index (χ3n) is 3.92. The number of likely N-dealkylation sites (N-methyl/N-ethyl adjacent to an activating group) is 1. The molecule has 6 nitrogen and oxygen atoms in total. The first-order chi connectivity index (χ1) is 9.95. The van der Waals surface area contributed by atoms with Gasteiger partial charge in [-0.3, -0.25) is 9.69 Å².